The molecule has 1 aliphatic carbocycles. The van der Waals surface area contributed by atoms with Gasteiger partial charge in [-0.1, -0.05) is 67.8 Å². The van der Waals surface area contributed by atoms with Gasteiger partial charge in [-0.15, -0.1) is 0 Å². The van der Waals surface area contributed by atoms with E-state index < -0.39 is 10.0 Å². The molecule has 1 N–H and O–H groups in total. The van der Waals surface area contributed by atoms with Gasteiger partial charge in [0.1, 0.15) is 0 Å². The molecule has 0 atom stereocenters. The smallest absolute Gasteiger partial charge is 0.251 e. The van der Waals surface area contributed by atoms with Gasteiger partial charge in [0.15, 0.2) is 0 Å². The van der Waals surface area contributed by atoms with Crippen molar-refractivity contribution in [3.8, 4) is 0 Å². The van der Waals surface area contributed by atoms with Gasteiger partial charge in [0, 0.05) is 44.3 Å². The lowest BCUT2D eigenvalue weighted by molar-refractivity contribution is 0.0927. The monoisotopic (exact) mass is 481 g/mol. The minimum absolute atomic E-state index is 0.170. The molecule has 1 aliphatic heterocycles. The van der Waals surface area contributed by atoms with Crippen molar-refractivity contribution in [2.24, 2.45) is 0 Å². The third kappa shape index (κ3) is 6.14. The molecule has 0 radical (unpaired) electrons. The van der Waals surface area contributed by atoms with E-state index in [-0.39, 0.29) is 16.8 Å². The molecular formula is C27H35N3O3S. The number of hydrogen-bond acceptors (Lipinski definition) is 4. The number of amides is 1. The number of hydrogen-bond donors (Lipinski definition) is 1. The van der Waals surface area contributed by atoms with Crippen LogP contribution < -0.4 is 5.32 Å². The van der Waals surface area contributed by atoms with Gasteiger partial charge in [-0.3, -0.25) is 9.69 Å². The summed E-state index contributed by atoms with van der Waals surface area (Å²) in [6, 6.07) is 15.3. The van der Waals surface area contributed by atoms with Crippen LogP contribution in [-0.4, -0.2) is 62.3 Å². The Hall–Kier alpha value is -2.48. The fourth-order valence-corrected chi connectivity index (χ4v) is 6.17. The minimum atomic E-state index is -3.65. The Kier molecular flexibility index (Phi) is 8.19. The Morgan fingerprint density at radius 2 is 1.71 bits per heavy atom. The average molecular weight is 482 g/mol. The third-order valence-corrected chi connectivity index (χ3v) is 8.73. The van der Waals surface area contributed by atoms with Gasteiger partial charge in [0.05, 0.1) is 4.90 Å². The van der Waals surface area contributed by atoms with Crippen LogP contribution in [0.5, 0.6) is 0 Å². The predicted octanol–water partition coefficient (Wildman–Crippen LogP) is 4.08. The summed E-state index contributed by atoms with van der Waals surface area (Å²) in [5, 5.41) is 3.11. The number of piperazine rings is 1. The lowest BCUT2D eigenvalue weighted by Crippen LogP contribution is -2.48. The molecule has 2 fully saturated rings. The molecular weight excluding hydrogens is 446 g/mol. The van der Waals surface area contributed by atoms with E-state index in [9.17, 15) is 13.2 Å². The molecule has 2 aromatic carbocycles. The Morgan fingerprint density at radius 3 is 2.41 bits per heavy atom. The molecule has 4 rings (SSSR count). The quantitative estimate of drug-likeness (QED) is 0.647. The predicted molar refractivity (Wildman–Crippen MR) is 136 cm³/mol. The fourth-order valence-electron chi connectivity index (χ4n) is 4.72. The Bertz CT molecular complexity index is 1100. The van der Waals surface area contributed by atoms with Crippen LogP contribution in [-0.2, 0) is 10.0 Å². The summed E-state index contributed by atoms with van der Waals surface area (Å²) in [5.41, 5.74) is 2.41. The number of carbonyl (C=O) groups excluding carboxylic acids is 1. The molecule has 182 valence electrons. The lowest BCUT2D eigenvalue weighted by Gasteiger charge is -2.33. The van der Waals surface area contributed by atoms with Crippen molar-refractivity contribution in [3.05, 3.63) is 71.3 Å². The first-order valence-electron chi connectivity index (χ1n) is 12.3. The van der Waals surface area contributed by atoms with Gasteiger partial charge in [0.25, 0.3) is 5.91 Å². The summed E-state index contributed by atoms with van der Waals surface area (Å²) in [7, 11) is -3.65. The summed E-state index contributed by atoms with van der Waals surface area (Å²) < 4.78 is 28.2. The van der Waals surface area contributed by atoms with Crippen LogP contribution >= 0.6 is 0 Å². The van der Waals surface area contributed by atoms with Gasteiger partial charge in [-0.2, -0.15) is 4.31 Å². The lowest BCUT2D eigenvalue weighted by atomic mass is 9.95. The van der Waals surface area contributed by atoms with E-state index in [0.29, 0.717) is 31.7 Å². The number of rotatable bonds is 7. The number of nitrogens with zero attached hydrogens (tertiary/aromatic N) is 2. The molecule has 0 bridgehead atoms. The van der Waals surface area contributed by atoms with Crippen molar-refractivity contribution in [2.45, 2.75) is 50.0 Å². The summed E-state index contributed by atoms with van der Waals surface area (Å²) in [6.07, 6.45) is 9.68. The topological polar surface area (TPSA) is 69.7 Å². The molecule has 1 heterocycles. The van der Waals surface area contributed by atoms with Crippen LogP contribution in [0.15, 0.2) is 59.5 Å². The molecule has 1 saturated heterocycles. The van der Waals surface area contributed by atoms with E-state index in [1.807, 2.05) is 25.1 Å². The Labute approximate surface area is 203 Å². The van der Waals surface area contributed by atoms with Crippen molar-refractivity contribution in [1.82, 2.24) is 14.5 Å². The van der Waals surface area contributed by atoms with E-state index in [4.69, 9.17) is 0 Å². The Balaban J connectivity index is 1.37. The third-order valence-electron chi connectivity index (χ3n) is 6.84. The van der Waals surface area contributed by atoms with Crippen LogP contribution in [0, 0.1) is 6.92 Å². The van der Waals surface area contributed by atoms with Gasteiger partial charge in [-0.25, -0.2) is 8.42 Å². The van der Waals surface area contributed by atoms with Crippen LogP contribution in [0.2, 0.25) is 0 Å². The highest BCUT2D eigenvalue weighted by molar-refractivity contribution is 7.89. The number of nitrogens with one attached hydrogen (secondary N) is 1. The minimum Gasteiger partial charge on any atom is -0.349 e. The number of aryl methyl sites for hydroxylation is 1. The number of carbonyl (C=O) groups is 1. The summed E-state index contributed by atoms with van der Waals surface area (Å²) in [6.45, 7) is 4.89. The SMILES string of the molecule is Cc1ccc(S(=O)(=O)N2CCN(C/C=C/c3ccccc3)CC2)cc1C(=O)NC1CCCCC1. The first kappa shape index (κ1) is 24.6. The van der Waals surface area contributed by atoms with Gasteiger partial charge in [-0.05, 0) is 43.0 Å². The van der Waals surface area contributed by atoms with Crippen LogP contribution in [0.4, 0.5) is 0 Å². The molecule has 34 heavy (non-hydrogen) atoms. The second-order valence-corrected chi connectivity index (χ2v) is 11.2. The highest BCUT2D eigenvalue weighted by Gasteiger charge is 2.29. The van der Waals surface area contributed by atoms with Gasteiger partial charge >= 0.3 is 0 Å². The fraction of sp³-hybridized carbons (Fsp3) is 0.444. The highest BCUT2D eigenvalue weighted by Crippen LogP contribution is 2.23. The standard InChI is InChI=1S/C27H35N3O3S/c1-22-14-15-25(21-26(22)27(31)28-24-12-6-3-7-13-24)34(32,33)30-19-17-29(18-20-30)16-8-11-23-9-4-2-5-10-23/h2,4-5,8-11,14-15,21,24H,3,6-7,12-13,16-20H2,1H3,(H,28,31)/b11-8+. The van der Waals surface area contributed by atoms with E-state index in [0.717, 1.165) is 43.4 Å². The summed E-state index contributed by atoms with van der Waals surface area (Å²) in [4.78, 5) is 15.4. The molecule has 0 spiro atoms. The van der Waals surface area contributed by atoms with Crippen molar-refractivity contribution < 1.29 is 13.2 Å². The number of benzene rings is 2. The van der Waals surface area contributed by atoms with Gasteiger partial charge < -0.3 is 5.32 Å². The molecule has 7 heteroatoms. The van der Waals surface area contributed by atoms with Crippen LogP contribution in [0.1, 0.15) is 53.6 Å². The first-order valence-corrected chi connectivity index (χ1v) is 13.7. The van der Waals surface area contributed by atoms with Crippen LogP contribution in [0.25, 0.3) is 6.08 Å². The highest BCUT2D eigenvalue weighted by atomic mass is 32.2. The van der Waals surface area contributed by atoms with E-state index in [2.05, 4.69) is 34.5 Å². The maximum atomic E-state index is 13.3. The zero-order valence-electron chi connectivity index (χ0n) is 19.9. The second-order valence-electron chi connectivity index (χ2n) is 9.30. The van der Waals surface area contributed by atoms with E-state index in [1.54, 1.807) is 18.2 Å². The molecule has 1 amide bonds. The van der Waals surface area contributed by atoms with E-state index >= 15 is 0 Å². The molecule has 6 nitrogen and oxygen atoms in total. The van der Waals surface area contributed by atoms with Crippen molar-refractivity contribution in [2.75, 3.05) is 32.7 Å². The second kappa shape index (κ2) is 11.3. The normalized spacial score (nSPS) is 18.9. The Morgan fingerprint density at radius 1 is 1.00 bits per heavy atom. The van der Waals surface area contributed by atoms with Crippen molar-refractivity contribution >= 4 is 22.0 Å². The maximum Gasteiger partial charge on any atom is 0.251 e. The maximum absolute atomic E-state index is 13.3. The largest absolute Gasteiger partial charge is 0.349 e. The molecule has 0 unspecified atom stereocenters. The van der Waals surface area contributed by atoms with Crippen LogP contribution in [0.3, 0.4) is 0 Å². The molecule has 2 aliphatic rings. The number of sulfonamides is 1. The van der Waals surface area contributed by atoms with E-state index in [1.165, 1.54) is 10.7 Å². The summed E-state index contributed by atoms with van der Waals surface area (Å²) in [5.74, 6) is -0.170. The van der Waals surface area contributed by atoms with Gasteiger partial charge in [0.2, 0.25) is 10.0 Å². The zero-order valence-corrected chi connectivity index (χ0v) is 20.8. The molecule has 1 saturated carbocycles. The first-order chi connectivity index (χ1) is 16.4. The molecule has 0 aromatic heterocycles. The average Bonchev–Trinajstić information content (AvgIpc) is 2.86. The summed E-state index contributed by atoms with van der Waals surface area (Å²) >= 11 is 0. The van der Waals surface area contributed by atoms with Crippen molar-refractivity contribution in [1.29, 1.82) is 0 Å². The molecule has 2 aromatic rings. The zero-order chi connectivity index (χ0) is 24.0. The van der Waals surface area contributed by atoms with Crippen molar-refractivity contribution in [3.63, 3.8) is 0 Å².